The van der Waals surface area contributed by atoms with E-state index in [1.54, 1.807) is 6.21 Å². The highest BCUT2D eigenvalue weighted by atomic mass is 16.2. The number of hydrogen-bond acceptors (Lipinski definition) is 5. The number of hydrogen-bond donors (Lipinski definition) is 1. The average Bonchev–Trinajstić information content (AvgIpc) is 3.03. The third-order valence-corrected chi connectivity index (χ3v) is 4.11. The van der Waals surface area contributed by atoms with Gasteiger partial charge in [-0.15, -0.1) is 0 Å². The molecule has 1 amide bonds. The topological polar surface area (TPSA) is 103 Å². The molecule has 2 heterocycles. The molecule has 3 aromatic rings. The Hall–Kier alpha value is -3.49. The van der Waals surface area contributed by atoms with E-state index in [-0.39, 0.29) is 17.7 Å². The minimum absolute atomic E-state index is 0.144. The number of carbonyl (C=O) groups excluding carboxylic acids is 1. The fourth-order valence-electron chi connectivity index (χ4n) is 2.61. The molecular weight excluding hydrogens is 336 g/mol. The Morgan fingerprint density at radius 2 is 1.96 bits per heavy atom. The molecule has 0 fully saturated rings. The summed E-state index contributed by atoms with van der Waals surface area (Å²) in [4.78, 5) is 40.4. The highest BCUT2D eigenvalue weighted by Crippen LogP contribution is 2.05. The van der Waals surface area contributed by atoms with Crippen molar-refractivity contribution in [3.05, 3.63) is 62.6 Å². The lowest BCUT2D eigenvalue weighted by Crippen LogP contribution is -2.38. The van der Waals surface area contributed by atoms with E-state index < -0.39 is 17.2 Å². The van der Waals surface area contributed by atoms with Crippen LogP contribution >= 0.6 is 0 Å². The summed E-state index contributed by atoms with van der Waals surface area (Å²) < 4.78 is 3.64. The van der Waals surface area contributed by atoms with Crippen LogP contribution in [0, 0.1) is 6.92 Å². The van der Waals surface area contributed by atoms with Gasteiger partial charge in [0.25, 0.3) is 11.5 Å². The van der Waals surface area contributed by atoms with Crippen LogP contribution in [0.1, 0.15) is 11.1 Å². The van der Waals surface area contributed by atoms with E-state index in [1.165, 1.54) is 29.6 Å². The summed E-state index contributed by atoms with van der Waals surface area (Å²) in [6, 6.07) is 7.64. The summed E-state index contributed by atoms with van der Waals surface area (Å²) >= 11 is 0. The van der Waals surface area contributed by atoms with Gasteiger partial charge in [0, 0.05) is 14.1 Å². The molecule has 9 heteroatoms. The van der Waals surface area contributed by atoms with Crippen molar-refractivity contribution in [2.45, 2.75) is 13.5 Å². The first-order valence-electron chi connectivity index (χ1n) is 7.88. The van der Waals surface area contributed by atoms with E-state index in [2.05, 4.69) is 15.5 Å². The van der Waals surface area contributed by atoms with Gasteiger partial charge in [-0.1, -0.05) is 24.3 Å². The van der Waals surface area contributed by atoms with Crippen molar-refractivity contribution in [2.24, 2.45) is 19.2 Å². The molecule has 0 aliphatic carbocycles. The smallest absolute Gasteiger partial charge is 0.315 e. The van der Waals surface area contributed by atoms with Gasteiger partial charge in [-0.3, -0.25) is 18.7 Å². The monoisotopic (exact) mass is 354 g/mol. The number of fused-ring (bicyclic) bond motifs is 1. The van der Waals surface area contributed by atoms with Crippen LogP contribution in [0.2, 0.25) is 0 Å². The minimum Gasteiger partial charge on any atom is -0.315 e. The van der Waals surface area contributed by atoms with Crippen LogP contribution in [-0.2, 0) is 25.4 Å². The van der Waals surface area contributed by atoms with E-state index in [4.69, 9.17) is 0 Å². The van der Waals surface area contributed by atoms with Crippen molar-refractivity contribution >= 4 is 23.3 Å². The maximum atomic E-state index is 12.3. The van der Waals surface area contributed by atoms with E-state index in [0.29, 0.717) is 0 Å². The van der Waals surface area contributed by atoms with E-state index in [9.17, 15) is 14.4 Å². The number of amides is 1. The van der Waals surface area contributed by atoms with Crippen LogP contribution in [0.3, 0.4) is 0 Å². The lowest BCUT2D eigenvalue weighted by atomic mass is 10.1. The normalized spacial score (nSPS) is 11.3. The molecule has 1 N–H and O–H groups in total. The zero-order chi connectivity index (χ0) is 18.8. The van der Waals surface area contributed by atoms with Crippen LogP contribution in [0.25, 0.3) is 11.2 Å². The van der Waals surface area contributed by atoms with Crippen molar-refractivity contribution in [3.8, 4) is 0 Å². The van der Waals surface area contributed by atoms with Gasteiger partial charge in [0.05, 0.1) is 12.5 Å². The van der Waals surface area contributed by atoms with Gasteiger partial charge in [0.2, 0.25) is 0 Å². The van der Waals surface area contributed by atoms with Crippen molar-refractivity contribution in [1.29, 1.82) is 0 Å². The highest BCUT2D eigenvalue weighted by molar-refractivity contribution is 5.84. The van der Waals surface area contributed by atoms with Gasteiger partial charge in [-0.25, -0.2) is 15.2 Å². The van der Waals surface area contributed by atoms with Crippen LogP contribution in [-0.4, -0.2) is 30.8 Å². The number of hydrazone groups is 1. The molecule has 0 bridgehead atoms. The standard InChI is InChI=1S/C17H18N6O3/c1-11-6-4-5-7-12(11)8-19-20-13(24)9-23-10-18-15-14(23)16(25)22(3)17(26)21(15)2/h4-8,10H,9H2,1-3H3,(H,20,24)/b19-8+. The summed E-state index contributed by atoms with van der Waals surface area (Å²) in [5.41, 5.74) is 3.80. The lowest BCUT2D eigenvalue weighted by Gasteiger charge is -2.06. The van der Waals surface area contributed by atoms with Crippen molar-refractivity contribution in [2.75, 3.05) is 0 Å². The van der Waals surface area contributed by atoms with Crippen molar-refractivity contribution in [1.82, 2.24) is 24.1 Å². The maximum Gasteiger partial charge on any atom is 0.332 e. The third kappa shape index (κ3) is 3.06. The number of rotatable bonds is 4. The number of nitrogens with zero attached hydrogens (tertiary/aromatic N) is 5. The molecule has 0 aliphatic heterocycles. The lowest BCUT2D eigenvalue weighted by molar-refractivity contribution is -0.121. The van der Waals surface area contributed by atoms with Crippen LogP contribution in [0.15, 0.2) is 45.3 Å². The Kier molecular flexibility index (Phi) is 4.53. The Labute approximate surface area is 148 Å². The third-order valence-electron chi connectivity index (χ3n) is 4.11. The number of carbonyl (C=O) groups is 1. The molecule has 0 spiro atoms. The molecular formula is C17H18N6O3. The molecule has 9 nitrogen and oxygen atoms in total. The SMILES string of the molecule is Cc1ccccc1/C=N/NC(=O)Cn1cnc2c1c(=O)n(C)c(=O)n2C. The minimum atomic E-state index is -0.503. The molecule has 26 heavy (non-hydrogen) atoms. The Morgan fingerprint density at radius 3 is 2.69 bits per heavy atom. The Morgan fingerprint density at radius 1 is 1.23 bits per heavy atom. The van der Waals surface area contributed by atoms with Gasteiger partial charge in [-0.2, -0.15) is 5.10 Å². The number of aromatic nitrogens is 4. The van der Waals surface area contributed by atoms with Crippen molar-refractivity contribution in [3.63, 3.8) is 0 Å². The van der Waals surface area contributed by atoms with E-state index in [0.717, 1.165) is 15.7 Å². The number of aryl methyl sites for hydroxylation is 2. The predicted molar refractivity (Wildman–Crippen MR) is 97.1 cm³/mol. The average molecular weight is 354 g/mol. The Bertz CT molecular complexity index is 1140. The van der Waals surface area contributed by atoms with Gasteiger partial charge < -0.3 is 4.57 Å². The molecule has 0 atom stereocenters. The van der Waals surface area contributed by atoms with Gasteiger partial charge in [0.1, 0.15) is 6.54 Å². The molecule has 0 saturated carbocycles. The summed E-state index contributed by atoms with van der Waals surface area (Å²) in [7, 11) is 2.90. The van der Waals surface area contributed by atoms with Gasteiger partial charge >= 0.3 is 5.69 Å². The summed E-state index contributed by atoms with van der Waals surface area (Å²) in [6.45, 7) is 1.80. The molecule has 0 aliphatic rings. The molecule has 0 saturated heterocycles. The molecule has 0 radical (unpaired) electrons. The van der Waals surface area contributed by atoms with Crippen LogP contribution in [0.5, 0.6) is 0 Å². The number of nitrogens with one attached hydrogen (secondary N) is 1. The fourth-order valence-corrected chi connectivity index (χ4v) is 2.61. The summed E-state index contributed by atoms with van der Waals surface area (Å²) in [5, 5.41) is 3.94. The number of benzene rings is 1. The van der Waals surface area contributed by atoms with Crippen LogP contribution < -0.4 is 16.7 Å². The molecule has 1 aromatic carbocycles. The molecule has 0 unspecified atom stereocenters. The molecule has 134 valence electrons. The van der Waals surface area contributed by atoms with Gasteiger partial charge in [0.15, 0.2) is 11.2 Å². The summed E-state index contributed by atoms with van der Waals surface area (Å²) in [6.07, 6.45) is 2.91. The second-order valence-electron chi connectivity index (χ2n) is 5.90. The predicted octanol–water partition coefficient (Wildman–Crippen LogP) is -0.108. The Balaban J connectivity index is 1.81. The molecule has 3 rings (SSSR count). The zero-order valence-corrected chi connectivity index (χ0v) is 14.6. The highest BCUT2D eigenvalue weighted by Gasteiger charge is 2.15. The van der Waals surface area contributed by atoms with Gasteiger partial charge in [-0.05, 0) is 18.1 Å². The zero-order valence-electron chi connectivity index (χ0n) is 14.6. The summed E-state index contributed by atoms with van der Waals surface area (Å²) in [5.74, 6) is -0.412. The first kappa shape index (κ1) is 17.3. The maximum absolute atomic E-state index is 12.3. The fraction of sp³-hybridized carbons (Fsp3) is 0.235. The first-order valence-corrected chi connectivity index (χ1v) is 7.88. The van der Waals surface area contributed by atoms with E-state index >= 15 is 0 Å². The first-order chi connectivity index (χ1) is 12.4. The quantitative estimate of drug-likeness (QED) is 0.522. The number of imidazole rings is 1. The van der Waals surface area contributed by atoms with Crippen molar-refractivity contribution < 1.29 is 4.79 Å². The second-order valence-corrected chi connectivity index (χ2v) is 5.90. The van der Waals surface area contributed by atoms with E-state index in [1.807, 2.05) is 31.2 Å². The van der Waals surface area contributed by atoms with Crippen LogP contribution in [0.4, 0.5) is 0 Å². The largest absolute Gasteiger partial charge is 0.332 e. The second kappa shape index (κ2) is 6.79. The molecule has 2 aromatic heterocycles.